The van der Waals surface area contributed by atoms with Crippen LogP contribution in [0.4, 0.5) is 4.79 Å². The van der Waals surface area contributed by atoms with Gasteiger partial charge in [-0.25, -0.2) is 4.79 Å². The average molecular weight is 273 g/mol. The molecular formula is C12H23N3O4. The molecule has 2 N–H and O–H groups in total. The molecule has 110 valence electrons. The Hall–Kier alpha value is -1.34. The molecule has 0 spiro atoms. The van der Waals surface area contributed by atoms with E-state index in [1.807, 2.05) is 11.8 Å². The lowest BCUT2D eigenvalue weighted by molar-refractivity contribution is -0.138. The fourth-order valence-electron chi connectivity index (χ4n) is 2.03. The van der Waals surface area contributed by atoms with Gasteiger partial charge in [-0.3, -0.25) is 9.69 Å². The molecule has 0 aromatic rings. The summed E-state index contributed by atoms with van der Waals surface area (Å²) in [7, 11) is 1.61. The first-order chi connectivity index (χ1) is 9.06. The first-order valence-corrected chi connectivity index (χ1v) is 6.55. The molecule has 1 fully saturated rings. The standard InChI is InChI=1S/C12H23N3O4/c1-3-10(9-19-2)13-12(18)15-6-4-14(5-7-15)8-11(16)17/h10H,3-9H2,1-2H3,(H,13,18)(H,16,17). The molecule has 0 bridgehead atoms. The van der Waals surface area contributed by atoms with E-state index in [1.165, 1.54) is 0 Å². The van der Waals surface area contributed by atoms with E-state index < -0.39 is 5.97 Å². The lowest BCUT2D eigenvalue weighted by atomic mass is 10.2. The monoisotopic (exact) mass is 273 g/mol. The molecule has 0 aromatic heterocycles. The Kier molecular flexibility index (Phi) is 6.58. The third kappa shape index (κ3) is 5.44. The third-order valence-electron chi connectivity index (χ3n) is 3.21. The zero-order chi connectivity index (χ0) is 14.3. The number of hydrogen-bond donors (Lipinski definition) is 2. The fraction of sp³-hybridized carbons (Fsp3) is 0.833. The second kappa shape index (κ2) is 7.96. The summed E-state index contributed by atoms with van der Waals surface area (Å²) in [6, 6.07) is -0.0755. The van der Waals surface area contributed by atoms with Crippen LogP contribution in [-0.4, -0.2) is 79.4 Å². The normalized spacial score (nSPS) is 18.1. The number of methoxy groups -OCH3 is 1. The predicted molar refractivity (Wildman–Crippen MR) is 70.1 cm³/mol. The molecule has 1 aliphatic rings. The maximum Gasteiger partial charge on any atom is 0.317 e. The zero-order valence-electron chi connectivity index (χ0n) is 11.6. The van der Waals surface area contributed by atoms with Crippen LogP contribution in [0.25, 0.3) is 0 Å². The molecule has 2 amide bonds. The van der Waals surface area contributed by atoms with Gasteiger partial charge in [0, 0.05) is 33.3 Å². The van der Waals surface area contributed by atoms with Crippen molar-refractivity contribution in [2.75, 3.05) is 46.4 Å². The van der Waals surface area contributed by atoms with Crippen molar-refractivity contribution in [3.63, 3.8) is 0 Å². The fourth-order valence-corrected chi connectivity index (χ4v) is 2.03. The summed E-state index contributed by atoms with van der Waals surface area (Å²) in [5, 5.41) is 11.6. The number of nitrogens with one attached hydrogen (secondary N) is 1. The van der Waals surface area contributed by atoms with Crippen LogP contribution in [0.2, 0.25) is 0 Å². The molecule has 0 aromatic carbocycles. The summed E-state index contributed by atoms with van der Waals surface area (Å²) in [6.45, 7) is 4.85. The summed E-state index contributed by atoms with van der Waals surface area (Å²) >= 11 is 0. The van der Waals surface area contributed by atoms with Gasteiger partial charge in [0.05, 0.1) is 19.2 Å². The zero-order valence-corrected chi connectivity index (χ0v) is 11.6. The molecule has 1 atom stereocenters. The van der Waals surface area contributed by atoms with Crippen LogP contribution in [0.15, 0.2) is 0 Å². The minimum atomic E-state index is -0.830. The number of carbonyl (C=O) groups excluding carboxylic acids is 1. The van der Waals surface area contributed by atoms with Crippen molar-refractivity contribution in [2.24, 2.45) is 0 Å². The van der Waals surface area contributed by atoms with E-state index >= 15 is 0 Å². The van der Waals surface area contributed by atoms with Crippen LogP contribution in [0.1, 0.15) is 13.3 Å². The van der Waals surface area contributed by atoms with Gasteiger partial charge >= 0.3 is 12.0 Å². The van der Waals surface area contributed by atoms with Crippen molar-refractivity contribution < 1.29 is 19.4 Å². The molecule has 7 nitrogen and oxygen atoms in total. The predicted octanol–water partition coefficient (Wildman–Crippen LogP) is -0.177. The quantitative estimate of drug-likeness (QED) is 0.702. The Bertz CT molecular complexity index is 303. The van der Waals surface area contributed by atoms with Gasteiger partial charge in [0.2, 0.25) is 0 Å². The van der Waals surface area contributed by atoms with Gasteiger partial charge < -0.3 is 20.1 Å². The Morgan fingerprint density at radius 3 is 2.42 bits per heavy atom. The third-order valence-corrected chi connectivity index (χ3v) is 3.21. The van der Waals surface area contributed by atoms with Crippen LogP contribution < -0.4 is 5.32 Å². The topological polar surface area (TPSA) is 82.1 Å². The van der Waals surface area contributed by atoms with Gasteiger partial charge in [-0.05, 0) is 6.42 Å². The van der Waals surface area contributed by atoms with Gasteiger partial charge in [0.25, 0.3) is 0 Å². The number of piperazine rings is 1. The lowest BCUT2D eigenvalue weighted by Crippen LogP contribution is -2.54. The minimum Gasteiger partial charge on any atom is -0.480 e. The number of aliphatic carboxylic acids is 1. The number of amides is 2. The van der Waals surface area contributed by atoms with Crippen LogP contribution >= 0.6 is 0 Å². The molecule has 0 saturated carbocycles. The highest BCUT2D eigenvalue weighted by molar-refractivity contribution is 5.74. The molecule has 1 saturated heterocycles. The highest BCUT2D eigenvalue weighted by Gasteiger charge is 2.23. The Balaban J connectivity index is 2.33. The van der Waals surface area contributed by atoms with Crippen molar-refractivity contribution in [1.82, 2.24) is 15.1 Å². The van der Waals surface area contributed by atoms with Crippen LogP contribution in [0.5, 0.6) is 0 Å². The van der Waals surface area contributed by atoms with Crippen LogP contribution in [0.3, 0.4) is 0 Å². The minimum absolute atomic E-state index is 0.0227. The average Bonchev–Trinajstić information content (AvgIpc) is 2.38. The van der Waals surface area contributed by atoms with Crippen molar-refractivity contribution in [3.05, 3.63) is 0 Å². The van der Waals surface area contributed by atoms with Crippen LogP contribution in [-0.2, 0) is 9.53 Å². The van der Waals surface area contributed by atoms with Gasteiger partial charge in [0.1, 0.15) is 0 Å². The number of carbonyl (C=O) groups is 2. The molecule has 7 heteroatoms. The molecule has 0 radical (unpaired) electrons. The molecule has 1 heterocycles. The number of nitrogens with zero attached hydrogens (tertiary/aromatic N) is 2. The summed E-state index contributed by atoms with van der Waals surface area (Å²) in [5.41, 5.74) is 0. The molecule has 19 heavy (non-hydrogen) atoms. The Morgan fingerprint density at radius 1 is 1.32 bits per heavy atom. The largest absolute Gasteiger partial charge is 0.480 e. The van der Waals surface area contributed by atoms with E-state index in [0.29, 0.717) is 32.8 Å². The van der Waals surface area contributed by atoms with E-state index in [1.54, 1.807) is 12.0 Å². The first-order valence-electron chi connectivity index (χ1n) is 6.55. The Labute approximate surface area is 113 Å². The van der Waals surface area contributed by atoms with E-state index in [0.717, 1.165) is 6.42 Å². The molecule has 1 rings (SSSR count). The second-order valence-electron chi connectivity index (χ2n) is 4.67. The van der Waals surface area contributed by atoms with Crippen molar-refractivity contribution in [3.8, 4) is 0 Å². The highest BCUT2D eigenvalue weighted by atomic mass is 16.5. The van der Waals surface area contributed by atoms with E-state index in [4.69, 9.17) is 9.84 Å². The van der Waals surface area contributed by atoms with Crippen molar-refractivity contribution in [1.29, 1.82) is 0 Å². The number of ether oxygens (including phenoxy) is 1. The Morgan fingerprint density at radius 2 is 1.95 bits per heavy atom. The molecule has 1 unspecified atom stereocenters. The molecular weight excluding hydrogens is 250 g/mol. The highest BCUT2D eigenvalue weighted by Crippen LogP contribution is 2.03. The molecule has 0 aliphatic carbocycles. The maximum absolute atomic E-state index is 12.0. The number of hydrogen-bond acceptors (Lipinski definition) is 4. The lowest BCUT2D eigenvalue weighted by Gasteiger charge is -2.34. The number of carboxylic acids is 1. The summed E-state index contributed by atoms with van der Waals surface area (Å²) in [4.78, 5) is 26.1. The number of carboxylic acid groups (broad SMARTS) is 1. The SMILES string of the molecule is CCC(COC)NC(=O)N1CCN(CC(=O)O)CC1. The maximum atomic E-state index is 12.0. The summed E-state index contributed by atoms with van der Waals surface area (Å²) in [5.74, 6) is -0.830. The van der Waals surface area contributed by atoms with Crippen LogP contribution in [0, 0.1) is 0 Å². The number of rotatable bonds is 6. The van der Waals surface area contributed by atoms with Crippen molar-refractivity contribution in [2.45, 2.75) is 19.4 Å². The van der Waals surface area contributed by atoms with E-state index in [-0.39, 0.29) is 18.6 Å². The van der Waals surface area contributed by atoms with E-state index in [2.05, 4.69) is 5.32 Å². The smallest absolute Gasteiger partial charge is 0.317 e. The first kappa shape index (κ1) is 15.7. The molecule has 1 aliphatic heterocycles. The van der Waals surface area contributed by atoms with Gasteiger partial charge in [0.15, 0.2) is 0 Å². The van der Waals surface area contributed by atoms with Gasteiger partial charge in [-0.15, -0.1) is 0 Å². The van der Waals surface area contributed by atoms with Crippen molar-refractivity contribution >= 4 is 12.0 Å². The summed E-state index contributed by atoms with van der Waals surface area (Å²) in [6.07, 6.45) is 0.818. The summed E-state index contributed by atoms with van der Waals surface area (Å²) < 4.78 is 5.04. The van der Waals surface area contributed by atoms with Gasteiger partial charge in [-0.2, -0.15) is 0 Å². The van der Waals surface area contributed by atoms with Gasteiger partial charge in [-0.1, -0.05) is 6.92 Å². The van der Waals surface area contributed by atoms with E-state index in [9.17, 15) is 9.59 Å². The second-order valence-corrected chi connectivity index (χ2v) is 4.67. The number of urea groups is 1.